The monoisotopic (exact) mass is 536 g/mol. The Balaban J connectivity index is 1.35. The van der Waals surface area contributed by atoms with E-state index in [1.807, 2.05) is 48.5 Å². The van der Waals surface area contributed by atoms with Crippen LogP contribution in [0.5, 0.6) is 5.75 Å². The molecule has 3 aromatic carbocycles. The van der Waals surface area contributed by atoms with Crippen LogP contribution < -0.4 is 10.1 Å². The Bertz CT molecular complexity index is 1570. The Morgan fingerprint density at radius 3 is 2.59 bits per heavy atom. The van der Waals surface area contributed by atoms with Crippen molar-refractivity contribution in [3.05, 3.63) is 54.2 Å². The summed E-state index contributed by atoms with van der Waals surface area (Å²) in [5.74, 6) is -3.55. The van der Waals surface area contributed by atoms with Crippen molar-refractivity contribution >= 4 is 38.4 Å². The fourth-order valence-electron chi connectivity index (χ4n) is 6.33. The number of ether oxygens (including phenoxy) is 2. The Hall–Kier alpha value is -3.09. The lowest BCUT2D eigenvalue weighted by Crippen LogP contribution is -2.60. The zero-order valence-corrected chi connectivity index (χ0v) is 21.4. The first kappa shape index (κ1) is 26.1. The van der Waals surface area contributed by atoms with Gasteiger partial charge in [0.15, 0.2) is 11.9 Å². The maximum atomic E-state index is 13.4. The molecule has 10 heteroatoms. The summed E-state index contributed by atoms with van der Waals surface area (Å²) in [6, 6.07) is 15.6. The molecule has 0 amide bonds. The van der Waals surface area contributed by atoms with Crippen LogP contribution in [-0.2, 0) is 16.1 Å². The maximum absolute atomic E-state index is 13.4. The number of fused-ring (bicyclic) bond motifs is 4. The van der Waals surface area contributed by atoms with E-state index in [4.69, 9.17) is 9.47 Å². The van der Waals surface area contributed by atoms with Gasteiger partial charge in [0.1, 0.15) is 17.8 Å². The quantitative estimate of drug-likeness (QED) is 0.143. The molecule has 7 N–H and O–H groups in total. The van der Waals surface area contributed by atoms with Crippen LogP contribution in [0.2, 0.25) is 0 Å². The minimum Gasteiger partial charge on any atom is -0.422 e. The number of hydrogen-bond acceptors (Lipinski definition) is 9. The first-order valence-electron chi connectivity index (χ1n) is 13.1. The van der Waals surface area contributed by atoms with Gasteiger partial charge < -0.3 is 45.3 Å². The largest absolute Gasteiger partial charge is 0.422 e. The van der Waals surface area contributed by atoms with Crippen LogP contribution in [0.25, 0.3) is 32.4 Å². The molecule has 2 fully saturated rings. The van der Waals surface area contributed by atoms with Crippen molar-refractivity contribution < 1.29 is 39.8 Å². The Kier molecular flexibility index (Phi) is 6.39. The van der Waals surface area contributed by atoms with Crippen molar-refractivity contribution in [2.45, 2.75) is 55.6 Å². The summed E-state index contributed by atoms with van der Waals surface area (Å²) in [6.07, 6.45) is -4.76. The number of rotatable bonds is 6. The van der Waals surface area contributed by atoms with Gasteiger partial charge in [0, 0.05) is 0 Å². The Morgan fingerprint density at radius 1 is 1.13 bits per heavy atom. The molecule has 206 valence electrons. The molecule has 1 saturated heterocycles. The predicted molar refractivity (Wildman–Crippen MR) is 143 cm³/mol. The summed E-state index contributed by atoms with van der Waals surface area (Å²) in [6.45, 7) is 0.135. The normalized spacial score (nSPS) is 31.0. The maximum Gasteiger partial charge on any atom is 0.343 e. The first-order chi connectivity index (χ1) is 18.7. The Labute approximate surface area is 223 Å². The number of benzene rings is 3. The van der Waals surface area contributed by atoms with Gasteiger partial charge in [-0.25, -0.2) is 4.79 Å². The standard InChI is InChI=1S/C29H32N2O8/c1-30-13-15-8-9-28(36,12-15)29(37)26(34)23(33)25(39-29)27(35)38-24-21(14-32)31-20-7-6-18-10-16-4-2-3-5-17(16)11-19(18)22(20)24/h2-7,10-11,15,23,25-26,30-34,36-37H,8-9,12-14H2,1H3. The van der Waals surface area contributed by atoms with E-state index >= 15 is 0 Å². The number of nitrogens with one attached hydrogen (secondary N) is 2. The molecule has 10 nitrogen and oxygen atoms in total. The van der Waals surface area contributed by atoms with Gasteiger partial charge in [0.05, 0.1) is 23.2 Å². The molecule has 1 aromatic heterocycles. The van der Waals surface area contributed by atoms with Gasteiger partial charge in [-0.2, -0.15) is 0 Å². The number of esters is 1. The highest BCUT2D eigenvalue weighted by atomic mass is 16.7. The van der Waals surface area contributed by atoms with E-state index in [9.17, 15) is 30.3 Å². The molecule has 4 aromatic rings. The van der Waals surface area contributed by atoms with Gasteiger partial charge in [-0.3, -0.25) is 0 Å². The molecule has 1 aliphatic carbocycles. The van der Waals surface area contributed by atoms with Crippen LogP contribution in [0.1, 0.15) is 25.0 Å². The summed E-state index contributed by atoms with van der Waals surface area (Å²) in [5.41, 5.74) is -0.991. The highest BCUT2D eigenvalue weighted by Gasteiger charge is 2.67. The minimum atomic E-state index is -2.57. The van der Waals surface area contributed by atoms with Gasteiger partial charge in [0.2, 0.25) is 5.79 Å². The summed E-state index contributed by atoms with van der Waals surface area (Å²) >= 11 is 0. The van der Waals surface area contributed by atoms with Crippen molar-refractivity contribution in [2.75, 3.05) is 13.6 Å². The summed E-state index contributed by atoms with van der Waals surface area (Å²) < 4.78 is 11.3. The number of carbonyl (C=O) groups is 1. The molecular formula is C29H32N2O8. The zero-order chi connectivity index (χ0) is 27.5. The second-order valence-corrected chi connectivity index (χ2v) is 10.8. The molecule has 6 unspecified atom stereocenters. The van der Waals surface area contributed by atoms with Crippen LogP contribution in [-0.4, -0.2) is 79.8 Å². The van der Waals surface area contributed by atoms with E-state index in [0.29, 0.717) is 23.9 Å². The molecule has 0 bridgehead atoms. The lowest BCUT2D eigenvalue weighted by Gasteiger charge is -2.39. The minimum absolute atomic E-state index is 0.0191. The lowest BCUT2D eigenvalue weighted by molar-refractivity contribution is -0.313. The van der Waals surface area contributed by atoms with E-state index in [1.165, 1.54) is 0 Å². The van der Waals surface area contributed by atoms with E-state index in [-0.39, 0.29) is 30.2 Å². The van der Waals surface area contributed by atoms with Gasteiger partial charge in [-0.1, -0.05) is 30.3 Å². The number of carbonyl (C=O) groups excluding carboxylic acids is 1. The van der Waals surface area contributed by atoms with E-state index < -0.39 is 42.3 Å². The number of aliphatic hydroxyl groups excluding tert-OH is 3. The Morgan fingerprint density at radius 2 is 1.87 bits per heavy atom. The van der Waals surface area contributed by atoms with Gasteiger partial charge in [-0.05, 0) is 78.5 Å². The van der Waals surface area contributed by atoms with Crippen LogP contribution in [0, 0.1) is 5.92 Å². The highest BCUT2D eigenvalue weighted by Crippen LogP contribution is 2.48. The number of aromatic nitrogens is 1. The predicted octanol–water partition coefficient (Wildman–Crippen LogP) is 1.43. The third-order valence-corrected chi connectivity index (χ3v) is 8.36. The molecule has 0 spiro atoms. The molecule has 2 aliphatic rings. The average molecular weight is 537 g/mol. The van der Waals surface area contributed by atoms with Crippen molar-refractivity contribution in [1.29, 1.82) is 0 Å². The van der Waals surface area contributed by atoms with Crippen molar-refractivity contribution in [1.82, 2.24) is 10.3 Å². The van der Waals surface area contributed by atoms with Gasteiger partial charge in [0.25, 0.3) is 0 Å². The molecule has 2 heterocycles. The molecule has 6 rings (SSSR count). The zero-order valence-electron chi connectivity index (χ0n) is 21.4. The molecule has 0 radical (unpaired) electrons. The second kappa shape index (κ2) is 9.53. The summed E-state index contributed by atoms with van der Waals surface area (Å²) in [5, 5.41) is 61.4. The van der Waals surface area contributed by atoms with Gasteiger partial charge >= 0.3 is 5.97 Å². The summed E-state index contributed by atoms with van der Waals surface area (Å²) in [4.78, 5) is 16.5. The molecule has 1 aliphatic heterocycles. The second-order valence-electron chi connectivity index (χ2n) is 10.8. The van der Waals surface area contributed by atoms with Crippen molar-refractivity contribution in [2.24, 2.45) is 5.92 Å². The van der Waals surface area contributed by atoms with Crippen molar-refractivity contribution in [3.63, 3.8) is 0 Å². The third-order valence-electron chi connectivity index (χ3n) is 8.36. The topological polar surface area (TPSA) is 164 Å². The van der Waals surface area contributed by atoms with Gasteiger partial charge in [-0.15, -0.1) is 0 Å². The number of aliphatic hydroxyl groups is 5. The first-order valence-corrected chi connectivity index (χ1v) is 13.1. The third kappa shape index (κ3) is 4.03. The van der Waals surface area contributed by atoms with Crippen LogP contribution >= 0.6 is 0 Å². The molecule has 6 atom stereocenters. The fraction of sp³-hybridized carbons (Fsp3) is 0.414. The number of H-pyrrole nitrogens is 1. The lowest BCUT2D eigenvalue weighted by atomic mass is 9.85. The molecule has 39 heavy (non-hydrogen) atoms. The van der Waals surface area contributed by atoms with Crippen LogP contribution in [0.15, 0.2) is 48.5 Å². The number of aromatic amines is 1. The average Bonchev–Trinajstić information content (AvgIpc) is 3.57. The van der Waals surface area contributed by atoms with Crippen molar-refractivity contribution in [3.8, 4) is 5.75 Å². The highest BCUT2D eigenvalue weighted by molar-refractivity contribution is 6.14. The SMILES string of the molecule is CNCC1CCC(O)(C2(O)OC(C(=O)Oc3c(CO)[nH]c4ccc5cc6ccccc6cc5c34)C(O)C2O)C1. The summed E-state index contributed by atoms with van der Waals surface area (Å²) in [7, 11) is 1.78. The number of hydrogen-bond donors (Lipinski definition) is 7. The van der Waals surface area contributed by atoms with Crippen LogP contribution in [0.3, 0.4) is 0 Å². The van der Waals surface area contributed by atoms with Crippen LogP contribution in [0.4, 0.5) is 0 Å². The molecular weight excluding hydrogens is 504 g/mol. The molecule has 1 saturated carbocycles. The van der Waals surface area contributed by atoms with E-state index in [0.717, 1.165) is 21.5 Å². The van der Waals surface area contributed by atoms with E-state index in [1.54, 1.807) is 7.05 Å². The fourth-order valence-corrected chi connectivity index (χ4v) is 6.33. The smallest absolute Gasteiger partial charge is 0.343 e. The van der Waals surface area contributed by atoms with E-state index in [2.05, 4.69) is 10.3 Å².